The van der Waals surface area contributed by atoms with E-state index in [0.717, 1.165) is 16.5 Å². The van der Waals surface area contributed by atoms with Crippen molar-refractivity contribution in [3.63, 3.8) is 0 Å². The van der Waals surface area contributed by atoms with Gasteiger partial charge < -0.3 is 9.73 Å². The van der Waals surface area contributed by atoms with E-state index in [4.69, 9.17) is 16.0 Å². The maximum Gasteiger partial charge on any atom is 0.336 e. The molecule has 1 aromatic heterocycles. The molecule has 0 bridgehead atoms. The molecule has 1 saturated carbocycles. The van der Waals surface area contributed by atoms with Gasteiger partial charge in [0.2, 0.25) is 0 Å². The second-order valence-corrected chi connectivity index (χ2v) is 6.84. The number of halogens is 1. The van der Waals surface area contributed by atoms with Crippen LogP contribution in [0.3, 0.4) is 0 Å². The summed E-state index contributed by atoms with van der Waals surface area (Å²) >= 11 is 6.23. The van der Waals surface area contributed by atoms with E-state index in [1.165, 1.54) is 25.7 Å². The van der Waals surface area contributed by atoms with Crippen LogP contribution >= 0.6 is 11.6 Å². The number of hydrogen-bond acceptors (Lipinski definition) is 3. The van der Waals surface area contributed by atoms with Gasteiger partial charge in [-0.05, 0) is 48.9 Å². The van der Waals surface area contributed by atoms with Crippen LogP contribution in [0.1, 0.15) is 43.7 Å². The topological polar surface area (TPSA) is 42.2 Å². The van der Waals surface area contributed by atoms with E-state index in [2.05, 4.69) is 12.2 Å². The molecule has 0 radical (unpaired) electrons. The Kier molecular flexibility index (Phi) is 4.55. The number of benzene rings is 1. The smallest absolute Gasteiger partial charge is 0.336 e. The summed E-state index contributed by atoms with van der Waals surface area (Å²) in [6, 6.07) is 5.84. The minimum atomic E-state index is -0.303. The Balaban J connectivity index is 1.89. The third-order valence-corrected chi connectivity index (χ3v) is 5.18. The number of aryl methyl sites for hydroxylation is 1. The quantitative estimate of drug-likeness (QED) is 0.851. The maximum atomic E-state index is 11.8. The number of hydrogen-bond donors (Lipinski definition) is 1. The predicted octanol–water partition coefficient (Wildman–Crippen LogP) is 4.42. The molecular formula is C18H22ClNO2. The van der Waals surface area contributed by atoms with Crippen LogP contribution < -0.4 is 10.9 Å². The van der Waals surface area contributed by atoms with Crippen molar-refractivity contribution in [3.05, 3.63) is 44.8 Å². The summed E-state index contributed by atoms with van der Waals surface area (Å²) in [5.41, 5.74) is 2.19. The van der Waals surface area contributed by atoms with Crippen LogP contribution in [-0.4, -0.2) is 6.04 Å². The second kappa shape index (κ2) is 6.43. The standard InChI is InChI=1S/C18H22ClNO2/c1-11-5-3-4-6-16(11)20-10-13-8-18(21)22-17-7-12(2)15(19)9-14(13)17/h7-9,11,16,20H,3-6,10H2,1-2H3/t11-,16-/m1/s1. The molecule has 1 N–H and O–H groups in total. The molecule has 2 atom stereocenters. The molecule has 3 rings (SSSR count). The van der Waals surface area contributed by atoms with Crippen molar-refractivity contribution < 1.29 is 4.42 Å². The zero-order valence-corrected chi connectivity index (χ0v) is 13.9. The van der Waals surface area contributed by atoms with E-state index in [1.54, 1.807) is 6.07 Å². The minimum absolute atomic E-state index is 0.303. The molecule has 0 unspecified atom stereocenters. The average Bonchev–Trinajstić information content (AvgIpc) is 2.48. The lowest BCUT2D eigenvalue weighted by Crippen LogP contribution is -2.36. The third kappa shape index (κ3) is 3.21. The van der Waals surface area contributed by atoms with Crippen LogP contribution in [0.2, 0.25) is 5.02 Å². The van der Waals surface area contributed by atoms with E-state index in [1.807, 2.05) is 19.1 Å². The average molecular weight is 320 g/mol. The second-order valence-electron chi connectivity index (χ2n) is 6.44. The highest BCUT2D eigenvalue weighted by Crippen LogP contribution is 2.27. The predicted molar refractivity (Wildman–Crippen MR) is 90.5 cm³/mol. The van der Waals surface area contributed by atoms with Crippen molar-refractivity contribution in [1.82, 2.24) is 5.32 Å². The first-order valence-corrected chi connectivity index (χ1v) is 8.38. The Labute approximate surface area is 135 Å². The molecule has 0 spiro atoms. The first-order chi connectivity index (χ1) is 10.5. The van der Waals surface area contributed by atoms with Gasteiger partial charge in [0.15, 0.2) is 0 Å². The van der Waals surface area contributed by atoms with Crippen LogP contribution in [0.5, 0.6) is 0 Å². The van der Waals surface area contributed by atoms with Gasteiger partial charge in [-0.15, -0.1) is 0 Å². The van der Waals surface area contributed by atoms with Crippen molar-refractivity contribution in [1.29, 1.82) is 0 Å². The summed E-state index contributed by atoms with van der Waals surface area (Å²) in [5, 5.41) is 5.24. The van der Waals surface area contributed by atoms with Crippen LogP contribution in [-0.2, 0) is 6.54 Å². The highest BCUT2D eigenvalue weighted by Gasteiger charge is 2.21. The lowest BCUT2D eigenvalue weighted by molar-refractivity contribution is 0.279. The molecule has 0 amide bonds. The Hall–Kier alpha value is -1.32. The molecule has 22 heavy (non-hydrogen) atoms. The molecule has 0 saturated heterocycles. The van der Waals surface area contributed by atoms with E-state index in [0.29, 0.717) is 29.1 Å². The molecule has 2 aromatic rings. The van der Waals surface area contributed by atoms with Gasteiger partial charge in [0.1, 0.15) is 5.58 Å². The first-order valence-electron chi connectivity index (χ1n) is 8.01. The fourth-order valence-electron chi connectivity index (χ4n) is 3.36. The van der Waals surface area contributed by atoms with Gasteiger partial charge >= 0.3 is 5.63 Å². The van der Waals surface area contributed by atoms with Gasteiger partial charge in [-0.3, -0.25) is 0 Å². The molecule has 118 valence electrons. The largest absolute Gasteiger partial charge is 0.423 e. The normalized spacial score (nSPS) is 22.1. The fraction of sp³-hybridized carbons (Fsp3) is 0.500. The van der Waals surface area contributed by atoms with Gasteiger partial charge in [0.05, 0.1) is 0 Å². The SMILES string of the molecule is Cc1cc2oc(=O)cc(CN[C@@H]3CCCC[C@H]3C)c2cc1Cl. The monoisotopic (exact) mass is 319 g/mol. The molecule has 0 aliphatic heterocycles. The van der Waals surface area contributed by atoms with Gasteiger partial charge in [-0.25, -0.2) is 4.79 Å². The van der Waals surface area contributed by atoms with Gasteiger partial charge in [-0.2, -0.15) is 0 Å². The van der Waals surface area contributed by atoms with Crippen molar-refractivity contribution in [3.8, 4) is 0 Å². The summed E-state index contributed by atoms with van der Waals surface area (Å²) < 4.78 is 5.31. The minimum Gasteiger partial charge on any atom is -0.423 e. The Morgan fingerprint density at radius 3 is 2.82 bits per heavy atom. The maximum absolute atomic E-state index is 11.8. The number of fused-ring (bicyclic) bond motifs is 1. The lowest BCUT2D eigenvalue weighted by Gasteiger charge is -2.29. The fourth-order valence-corrected chi connectivity index (χ4v) is 3.52. The highest BCUT2D eigenvalue weighted by atomic mass is 35.5. The number of nitrogens with one attached hydrogen (secondary N) is 1. The number of rotatable bonds is 3. The van der Waals surface area contributed by atoms with Crippen LogP contribution in [0, 0.1) is 12.8 Å². The highest BCUT2D eigenvalue weighted by molar-refractivity contribution is 6.32. The molecule has 1 heterocycles. The van der Waals surface area contributed by atoms with Crippen LogP contribution in [0.25, 0.3) is 11.0 Å². The molecule has 3 nitrogen and oxygen atoms in total. The lowest BCUT2D eigenvalue weighted by atomic mass is 9.86. The summed E-state index contributed by atoms with van der Waals surface area (Å²) in [6.07, 6.45) is 5.09. The van der Waals surface area contributed by atoms with E-state index in [-0.39, 0.29) is 5.63 Å². The summed E-state index contributed by atoms with van der Waals surface area (Å²) in [5.74, 6) is 0.686. The molecule has 1 aliphatic rings. The van der Waals surface area contributed by atoms with Gasteiger partial charge in [-0.1, -0.05) is 31.4 Å². The van der Waals surface area contributed by atoms with Crippen LogP contribution in [0.4, 0.5) is 0 Å². The summed E-state index contributed by atoms with van der Waals surface area (Å²) in [6.45, 7) is 4.89. The molecule has 1 aromatic carbocycles. The van der Waals surface area contributed by atoms with Gasteiger partial charge in [0, 0.05) is 29.1 Å². The van der Waals surface area contributed by atoms with Crippen molar-refractivity contribution in [2.75, 3.05) is 0 Å². The summed E-state index contributed by atoms with van der Waals surface area (Å²) in [7, 11) is 0. The Bertz CT molecular complexity index is 738. The molecular weight excluding hydrogens is 298 g/mol. The van der Waals surface area contributed by atoms with Crippen molar-refractivity contribution >= 4 is 22.6 Å². The summed E-state index contributed by atoms with van der Waals surface area (Å²) in [4.78, 5) is 11.8. The zero-order chi connectivity index (χ0) is 15.7. The van der Waals surface area contributed by atoms with Gasteiger partial charge in [0.25, 0.3) is 0 Å². The van der Waals surface area contributed by atoms with Crippen molar-refractivity contribution in [2.45, 2.75) is 52.1 Å². The Morgan fingerprint density at radius 1 is 1.27 bits per heavy atom. The van der Waals surface area contributed by atoms with E-state index < -0.39 is 0 Å². The van der Waals surface area contributed by atoms with E-state index in [9.17, 15) is 4.79 Å². The third-order valence-electron chi connectivity index (χ3n) is 4.78. The molecule has 1 aliphatic carbocycles. The van der Waals surface area contributed by atoms with Crippen LogP contribution in [0.15, 0.2) is 27.4 Å². The molecule has 1 fully saturated rings. The first kappa shape index (κ1) is 15.6. The molecule has 4 heteroatoms. The van der Waals surface area contributed by atoms with Crippen molar-refractivity contribution in [2.24, 2.45) is 5.92 Å². The Morgan fingerprint density at radius 2 is 2.05 bits per heavy atom. The van der Waals surface area contributed by atoms with E-state index >= 15 is 0 Å². The zero-order valence-electron chi connectivity index (χ0n) is 13.1.